The molecule has 0 aromatic heterocycles. The molecule has 0 spiro atoms. The second kappa shape index (κ2) is 10.6. The molecule has 0 aliphatic carbocycles. The lowest BCUT2D eigenvalue weighted by molar-refractivity contribution is 0.0785. The van der Waals surface area contributed by atoms with Crippen molar-refractivity contribution in [2.24, 2.45) is 5.90 Å². The Morgan fingerprint density at radius 1 is 1.03 bits per heavy atom. The van der Waals surface area contributed by atoms with Gasteiger partial charge in [-0.1, -0.05) is 0 Å². The van der Waals surface area contributed by atoms with Gasteiger partial charge in [-0.05, 0) is 55.0 Å². The molecule has 1 saturated heterocycles. The lowest BCUT2D eigenvalue weighted by atomic mass is 10.2. The predicted molar refractivity (Wildman–Crippen MR) is 115 cm³/mol. The number of morpholine rings is 1. The molecular weight excluding hydrogens is 460 g/mol. The monoisotopic (exact) mass is 486 g/mol. The van der Waals surface area contributed by atoms with Gasteiger partial charge in [0.15, 0.2) is 5.44 Å². The summed E-state index contributed by atoms with van der Waals surface area (Å²) >= 11 is 0. The summed E-state index contributed by atoms with van der Waals surface area (Å²) in [5.41, 5.74) is -0.624. The van der Waals surface area contributed by atoms with Crippen LogP contribution in [-0.2, 0) is 29.5 Å². The van der Waals surface area contributed by atoms with E-state index in [1.807, 2.05) is 0 Å². The van der Waals surface area contributed by atoms with Crippen LogP contribution >= 0.6 is 0 Å². The molecule has 10 nitrogen and oxygen atoms in total. The molecule has 1 aliphatic rings. The topological polar surface area (TPSA) is 143 Å². The normalized spacial score (nSPS) is 17.1. The third-order valence-electron chi connectivity index (χ3n) is 4.59. The summed E-state index contributed by atoms with van der Waals surface area (Å²) in [6.07, 6.45) is 0.601. The second-order valence-corrected chi connectivity index (χ2v) is 10.7. The summed E-state index contributed by atoms with van der Waals surface area (Å²) in [6.45, 7) is 3.29. The molecule has 1 aliphatic heterocycles. The zero-order valence-corrected chi connectivity index (χ0v) is 19.2. The van der Waals surface area contributed by atoms with E-state index in [1.165, 1.54) is 24.3 Å². The number of benzene rings is 2. The van der Waals surface area contributed by atoms with E-state index < -0.39 is 25.4 Å². The Labute approximate surface area is 187 Å². The average Bonchev–Trinajstić information content (AvgIpc) is 2.78. The smallest absolute Gasteiger partial charge is 0.339 e. The highest BCUT2D eigenvalue weighted by molar-refractivity contribution is 7.92. The van der Waals surface area contributed by atoms with Crippen LogP contribution < -0.4 is 20.1 Å². The summed E-state index contributed by atoms with van der Waals surface area (Å²) in [5, 5.41) is 2.96. The van der Waals surface area contributed by atoms with Gasteiger partial charge in [0.1, 0.15) is 16.4 Å². The van der Waals surface area contributed by atoms with Crippen molar-refractivity contribution >= 4 is 20.0 Å². The summed E-state index contributed by atoms with van der Waals surface area (Å²) in [4.78, 5) is 4.05. The van der Waals surface area contributed by atoms with E-state index in [4.69, 9.17) is 19.6 Å². The van der Waals surface area contributed by atoms with Gasteiger partial charge in [0.2, 0.25) is 9.84 Å². The first-order valence-electron chi connectivity index (χ1n) is 9.89. The third kappa shape index (κ3) is 6.18. The minimum Gasteiger partial charge on any atom is -0.494 e. The van der Waals surface area contributed by atoms with Crippen LogP contribution in [0, 0.1) is 6.92 Å². The maximum atomic E-state index is 12.9. The Balaban J connectivity index is 1.77. The van der Waals surface area contributed by atoms with Gasteiger partial charge in [-0.3, -0.25) is 0 Å². The maximum absolute atomic E-state index is 12.9. The number of hydrogen-bond donors (Lipinski definition) is 2. The lowest BCUT2D eigenvalue weighted by Gasteiger charge is -2.23. The van der Waals surface area contributed by atoms with Gasteiger partial charge in [-0.15, -0.1) is 0 Å². The molecule has 0 saturated carbocycles. The first-order valence-corrected chi connectivity index (χ1v) is 12.8. The Morgan fingerprint density at radius 2 is 1.72 bits per heavy atom. The van der Waals surface area contributed by atoms with E-state index in [2.05, 4.69) is 10.2 Å². The second-order valence-electron chi connectivity index (χ2n) is 7.11. The molecular formula is C20H26N2O8S2. The number of rotatable bonds is 10. The van der Waals surface area contributed by atoms with E-state index in [0.717, 1.165) is 6.07 Å². The highest BCUT2D eigenvalue weighted by Gasteiger charge is 2.31. The highest BCUT2D eigenvalue weighted by atomic mass is 32.2. The van der Waals surface area contributed by atoms with Crippen LogP contribution in [0.25, 0.3) is 0 Å². The largest absolute Gasteiger partial charge is 0.494 e. The zero-order chi connectivity index (χ0) is 23.2. The van der Waals surface area contributed by atoms with Crippen LogP contribution in [-0.4, -0.2) is 55.2 Å². The van der Waals surface area contributed by atoms with Crippen LogP contribution in [0.2, 0.25) is 0 Å². The molecule has 0 radical (unpaired) electrons. The molecule has 3 rings (SSSR count). The van der Waals surface area contributed by atoms with Crippen molar-refractivity contribution in [3.63, 3.8) is 0 Å². The molecule has 1 atom stereocenters. The number of ether oxygens (including phenoxy) is 2. The van der Waals surface area contributed by atoms with Gasteiger partial charge in [0.05, 0.1) is 24.7 Å². The Bertz CT molecular complexity index is 1110. The Kier molecular flexibility index (Phi) is 8.09. The first-order chi connectivity index (χ1) is 15.2. The van der Waals surface area contributed by atoms with E-state index in [9.17, 15) is 16.8 Å². The molecule has 1 unspecified atom stereocenters. The number of hydrogen-bond acceptors (Lipinski definition) is 10. The molecule has 3 N–H and O–H groups in total. The molecule has 1 fully saturated rings. The van der Waals surface area contributed by atoms with Crippen LogP contribution in [0.4, 0.5) is 0 Å². The quantitative estimate of drug-likeness (QED) is 0.285. The van der Waals surface area contributed by atoms with Crippen LogP contribution in [0.3, 0.4) is 0 Å². The number of aryl methyl sites for hydroxylation is 1. The van der Waals surface area contributed by atoms with Crippen molar-refractivity contribution in [3.05, 3.63) is 48.0 Å². The predicted octanol–water partition coefficient (Wildman–Crippen LogP) is 1.14. The number of nitrogens with two attached hydrogens (primary N) is 1. The fourth-order valence-electron chi connectivity index (χ4n) is 3.01. The summed E-state index contributed by atoms with van der Waals surface area (Å²) in [5.74, 6) is 5.53. The van der Waals surface area contributed by atoms with E-state index in [-0.39, 0.29) is 28.7 Å². The van der Waals surface area contributed by atoms with Gasteiger partial charge in [-0.2, -0.15) is 8.42 Å². The fourth-order valence-corrected chi connectivity index (χ4v) is 5.71. The molecule has 2 aromatic rings. The summed E-state index contributed by atoms with van der Waals surface area (Å²) < 4.78 is 67.5. The van der Waals surface area contributed by atoms with Gasteiger partial charge in [0, 0.05) is 19.5 Å². The Morgan fingerprint density at radius 3 is 2.38 bits per heavy atom. The minimum atomic E-state index is -4.28. The van der Waals surface area contributed by atoms with Gasteiger partial charge in [-0.25, -0.2) is 14.3 Å². The summed E-state index contributed by atoms with van der Waals surface area (Å²) in [7, 11) is -8.18. The molecule has 1 heterocycles. The number of sulfone groups is 1. The maximum Gasteiger partial charge on any atom is 0.339 e. The van der Waals surface area contributed by atoms with E-state index in [0.29, 0.717) is 37.5 Å². The average molecular weight is 487 g/mol. The van der Waals surface area contributed by atoms with Crippen molar-refractivity contribution < 1.29 is 35.3 Å². The van der Waals surface area contributed by atoms with Crippen LogP contribution in [0.15, 0.2) is 52.3 Å². The highest BCUT2D eigenvalue weighted by Crippen LogP contribution is 2.26. The van der Waals surface area contributed by atoms with Crippen LogP contribution in [0.5, 0.6) is 11.5 Å². The van der Waals surface area contributed by atoms with Gasteiger partial charge >= 0.3 is 10.1 Å². The van der Waals surface area contributed by atoms with Crippen LogP contribution in [0.1, 0.15) is 12.0 Å². The summed E-state index contributed by atoms with van der Waals surface area (Å²) in [6, 6.07) is 9.87. The molecule has 176 valence electrons. The van der Waals surface area contributed by atoms with Crippen molar-refractivity contribution in [2.45, 2.75) is 28.6 Å². The lowest BCUT2D eigenvalue weighted by Crippen LogP contribution is -2.43. The SMILES string of the molecule is Cc1cc(S(=O)(=O)Oc2ccc(OCCCON)cc2)cc(S(=O)(=O)C2CNCCO2)c1. The first kappa shape index (κ1) is 24.4. The Hall–Kier alpha value is -2.22. The number of nitrogens with one attached hydrogen (secondary N) is 1. The molecule has 32 heavy (non-hydrogen) atoms. The van der Waals surface area contributed by atoms with Crippen molar-refractivity contribution in [1.29, 1.82) is 0 Å². The van der Waals surface area contributed by atoms with Gasteiger partial charge < -0.3 is 23.8 Å². The van der Waals surface area contributed by atoms with E-state index >= 15 is 0 Å². The van der Waals surface area contributed by atoms with E-state index in [1.54, 1.807) is 19.1 Å². The zero-order valence-electron chi connectivity index (χ0n) is 17.5. The van der Waals surface area contributed by atoms with Crippen molar-refractivity contribution in [3.8, 4) is 11.5 Å². The third-order valence-corrected chi connectivity index (χ3v) is 7.70. The standard InChI is InChI=1S/C20H26N2O8S2/c1-15-11-18(31(23,24)20-14-22-7-10-28-20)13-19(12-15)32(25,26)30-17-5-3-16(4-6-17)27-8-2-9-29-21/h3-6,11-13,20,22H,2,7-10,14,21H2,1H3. The van der Waals surface area contributed by atoms with Crippen molar-refractivity contribution in [2.75, 3.05) is 32.9 Å². The molecule has 2 aromatic carbocycles. The van der Waals surface area contributed by atoms with Crippen molar-refractivity contribution in [1.82, 2.24) is 5.32 Å². The van der Waals surface area contributed by atoms with Gasteiger partial charge in [0.25, 0.3) is 0 Å². The molecule has 0 amide bonds. The molecule has 0 bridgehead atoms. The molecule has 12 heteroatoms. The fraction of sp³-hybridized carbons (Fsp3) is 0.400. The minimum absolute atomic E-state index is 0.0633.